The van der Waals surface area contributed by atoms with Crippen molar-refractivity contribution in [1.29, 1.82) is 0 Å². The van der Waals surface area contributed by atoms with E-state index in [9.17, 15) is 33.9 Å². The van der Waals surface area contributed by atoms with Gasteiger partial charge in [0.05, 0.1) is 22.7 Å². The number of para-hydroxylation sites is 1. The number of amides is 5. The van der Waals surface area contributed by atoms with Gasteiger partial charge in [-0.05, 0) is 61.9 Å². The van der Waals surface area contributed by atoms with Crippen molar-refractivity contribution in [2.24, 2.45) is 16.5 Å². The van der Waals surface area contributed by atoms with Gasteiger partial charge in [0.25, 0.3) is 0 Å². The van der Waals surface area contributed by atoms with E-state index in [1.165, 1.54) is 30.4 Å². The minimum Gasteiger partial charge on any atom is -0.508 e. The zero-order valence-corrected chi connectivity index (χ0v) is 29.0. The van der Waals surface area contributed by atoms with Crippen molar-refractivity contribution in [3.63, 3.8) is 0 Å². The largest absolute Gasteiger partial charge is 0.508 e. The second-order valence-corrected chi connectivity index (χ2v) is 13.2. The van der Waals surface area contributed by atoms with Crippen molar-refractivity contribution in [3.05, 3.63) is 59.1 Å². The molecule has 17 heteroatoms. The first-order valence-electron chi connectivity index (χ1n) is 16.6. The zero-order valence-electron chi connectivity index (χ0n) is 28.1. The summed E-state index contributed by atoms with van der Waals surface area (Å²) in [5.74, 6) is -3.66. The highest BCUT2D eigenvalue weighted by atomic mass is 32.1. The van der Waals surface area contributed by atoms with Crippen LogP contribution in [-0.2, 0) is 30.4 Å². The Balaban J connectivity index is 1.60. The number of guanidine groups is 1. The van der Waals surface area contributed by atoms with Gasteiger partial charge in [-0.1, -0.05) is 24.3 Å². The van der Waals surface area contributed by atoms with E-state index in [2.05, 4.69) is 36.6 Å². The van der Waals surface area contributed by atoms with Gasteiger partial charge in [0.15, 0.2) is 11.0 Å². The van der Waals surface area contributed by atoms with Gasteiger partial charge in [0.1, 0.15) is 23.9 Å². The van der Waals surface area contributed by atoms with E-state index in [4.69, 9.17) is 11.5 Å². The lowest BCUT2D eigenvalue weighted by Gasteiger charge is -2.27. The third kappa shape index (κ3) is 11.8. The van der Waals surface area contributed by atoms with Gasteiger partial charge in [-0.3, -0.25) is 33.8 Å². The lowest BCUT2D eigenvalue weighted by atomic mass is 10.0. The number of phenols is 1. The smallest absolute Gasteiger partial charge is 0.243 e. The van der Waals surface area contributed by atoms with Crippen LogP contribution in [-0.4, -0.2) is 88.6 Å². The molecule has 0 bridgehead atoms. The number of nitrogens with two attached hydrogens (primary N) is 2. The van der Waals surface area contributed by atoms with E-state index in [-0.39, 0.29) is 55.5 Å². The average molecular weight is 722 g/mol. The van der Waals surface area contributed by atoms with E-state index in [1.54, 1.807) is 18.2 Å². The first-order valence-corrected chi connectivity index (χ1v) is 17.4. The Morgan fingerprint density at radius 3 is 2.49 bits per heavy atom. The number of thiazole rings is 1. The maximum atomic E-state index is 13.9. The summed E-state index contributed by atoms with van der Waals surface area (Å²) in [7, 11) is 0. The lowest BCUT2D eigenvalue weighted by molar-refractivity contribution is -0.135. The van der Waals surface area contributed by atoms with Crippen LogP contribution in [0.1, 0.15) is 60.8 Å². The number of carbonyl (C=O) groups is 6. The molecule has 2 heterocycles. The Morgan fingerprint density at radius 2 is 1.78 bits per heavy atom. The first kappa shape index (κ1) is 38.2. The van der Waals surface area contributed by atoms with Crippen LogP contribution >= 0.6 is 11.3 Å². The summed E-state index contributed by atoms with van der Waals surface area (Å²) >= 11 is 1.20. The fourth-order valence-electron chi connectivity index (χ4n) is 5.48. The van der Waals surface area contributed by atoms with Crippen molar-refractivity contribution >= 4 is 62.8 Å². The molecular weight excluding hydrogens is 678 g/mol. The molecule has 1 aromatic heterocycles. The molecule has 1 aliphatic heterocycles. The molecule has 1 saturated heterocycles. The highest BCUT2D eigenvalue weighted by Gasteiger charge is 2.33. The maximum Gasteiger partial charge on any atom is 0.243 e. The van der Waals surface area contributed by atoms with E-state index in [0.717, 1.165) is 4.70 Å². The molecule has 0 aliphatic carbocycles. The SMILES string of the molecule is CC(=O)N[C@H]1CC(=O)NCCCC[C@@H](C(=O)NC(CCCN=C(N)N)C(=O)c2nc3ccccc3s2)NC(=O)[C@H](Cc2ccc(O)cc2)NC1=O. The molecule has 3 aromatic rings. The number of phenolic OH excluding ortho intramolecular Hbond substituents is 1. The van der Waals surface area contributed by atoms with Crippen molar-refractivity contribution < 1.29 is 33.9 Å². The molecule has 2 aromatic carbocycles. The van der Waals surface area contributed by atoms with Gasteiger partial charge < -0.3 is 43.2 Å². The molecule has 4 rings (SSSR count). The standard InChI is InChI=1S/C34H43N9O7S/c1-19(44)39-26-18-28(46)37-15-5-4-8-24(41-31(49)25(42-32(26)50)17-20-11-13-21(45)14-12-20)30(48)40-23(9-6-16-38-34(35)36)29(47)33-43-22-7-2-3-10-27(22)51-33/h2-3,7,10-14,23-26,45H,4-6,8-9,15-18H2,1H3,(H,37,46)(H,39,44)(H,40,48)(H,41,49)(H,42,50)(H4,35,36,38)/t23?,24-,25-,26-/m0/s1. The molecule has 272 valence electrons. The highest BCUT2D eigenvalue weighted by molar-refractivity contribution is 7.20. The van der Waals surface area contributed by atoms with Gasteiger partial charge in [0, 0.05) is 26.4 Å². The van der Waals surface area contributed by atoms with Gasteiger partial charge in [-0.25, -0.2) is 4.98 Å². The molecule has 1 aliphatic rings. The normalized spacial score (nSPS) is 19.4. The molecule has 5 amide bonds. The van der Waals surface area contributed by atoms with Gasteiger partial charge in [0.2, 0.25) is 35.3 Å². The molecule has 1 fully saturated rings. The topological polar surface area (TPSA) is 260 Å². The van der Waals surface area contributed by atoms with E-state index in [0.29, 0.717) is 30.3 Å². The summed E-state index contributed by atoms with van der Waals surface area (Å²) in [4.78, 5) is 88.0. The van der Waals surface area contributed by atoms with E-state index >= 15 is 0 Å². The van der Waals surface area contributed by atoms with Gasteiger partial charge >= 0.3 is 0 Å². The number of hydrogen-bond acceptors (Lipinski definition) is 10. The monoisotopic (exact) mass is 721 g/mol. The first-order chi connectivity index (χ1) is 24.4. The van der Waals surface area contributed by atoms with Gasteiger partial charge in [-0.15, -0.1) is 11.3 Å². The third-order valence-electron chi connectivity index (χ3n) is 8.05. The van der Waals surface area contributed by atoms with Crippen LogP contribution < -0.4 is 38.1 Å². The Bertz CT molecular complexity index is 1720. The summed E-state index contributed by atoms with van der Waals surface area (Å²) in [6, 6.07) is 8.59. The molecule has 16 nitrogen and oxygen atoms in total. The molecule has 4 atom stereocenters. The summed E-state index contributed by atoms with van der Waals surface area (Å²) in [5, 5.41) is 23.3. The minimum absolute atomic E-state index is 0.0000362. The number of nitrogens with zero attached hydrogens (tertiary/aromatic N) is 2. The Labute approximate surface area is 298 Å². The van der Waals surface area contributed by atoms with Crippen LogP contribution in [0, 0.1) is 0 Å². The van der Waals surface area contributed by atoms with Crippen LogP contribution in [0.5, 0.6) is 5.75 Å². The van der Waals surface area contributed by atoms with E-state index in [1.807, 2.05) is 18.2 Å². The van der Waals surface area contributed by atoms with Gasteiger partial charge in [-0.2, -0.15) is 0 Å². The molecule has 1 unspecified atom stereocenters. The average Bonchev–Trinajstić information content (AvgIpc) is 3.52. The Kier molecular flexibility index (Phi) is 13.8. The molecular formula is C34H43N9O7S. The summed E-state index contributed by atoms with van der Waals surface area (Å²) in [6.07, 6.45) is 1.12. The number of aromatic hydroxyl groups is 1. The molecule has 0 radical (unpaired) electrons. The number of fused-ring (bicyclic) bond motifs is 1. The number of aliphatic imine (C=N–C) groups is 1. The molecule has 0 spiro atoms. The fraction of sp³-hybridized carbons (Fsp3) is 0.412. The van der Waals surface area contributed by atoms with Crippen molar-refractivity contribution in [1.82, 2.24) is 31.6 Å². The number of carbonyl (C=O) groups excluding carboxylic acids is 6. The van der Waals surface area contributed by atoms with Crippen LogP contribution in [0.2, 0.25) is 0 Å². The number of nitrogens with one attached hydrogen (secondary N) is 5. The fourth-order valence-corrected chi connectivity index (χ4v) is 6.44. The Morgan fingerprint density at radius 1 is 1.04 bits per heavy atom. The lowest BCUT2D eigenvalue weighted by Crippen LogP contribution is -2.58. The molecule has 10 N–H and O–H groups in total. The van der Waals surface area contributed by atoms with Crippen LogP contribution in [0.15, 0.2) is 53.5 Å². The summed E-state index contributed by atoms with van der Waals surface area (Å²) < 4.78 is 0.805. The Hall–Kier alpha value is -5.58. The van der Waals surface area contributed by atoms with Crippen LogP contribution in [0.4, 0.5) is 0 Å². The van der Waals surface area contributed by atoms with E-state index < -0.39 is 59.5 Å². The number of aromatic nitrogens is 1. The number of hydrogen-bond donors (Lipinski definition) is 8. The second-order valence-electron chi connectivity index (χ2n) is 12.2. The predicted octanol–water partition coefficient (Wildman–Crippen LogP) is 0.130. The third-order valence-corrected chi connectivity index (χ3v) is 9.10. The predicted molar refractivity (Wildman–Crippen MR) is 191 cm³/mol. The van der Waals surface area contributed by atoms with Crippen LogP contribution in [0.3, 0.4) is 0 Å². The summed E-state index contributed by atoms with van der Waals surface area (Å²) in [6.45, 7) is 1.64. The van der Waals surface area contributed by atoms with Crippen molar-refractivity contribution in [2.45, 2.75) is 76.0 Å². The number of ketones is 1. The zero-order chi connectivity index (χ0) is 36.9. The minimum atomic E-state index is -1.27. The quantitative estimate of drug-likeness (QED) is 0.0574. The highest BCUT2D eigenvalue weighted by Crippen LogP contribution is 2.23. The van der Waals surface area contributed by atoms with Crippen molar-refractivity contribution in [3.8, 4) is 5.75 Å². The summed E-state index contributed by atoms with van der Waals surface area (Å²) in [5.41, 5.74) is 12.1. The van der Waals surface area contributed by atoms with Crippen molar-refractivity contribution in [2.75, 3.05) is 13.1 Å². The number of rotatable bonds is 11. The second kappa shape index (κ2) is 18.4. The molecule has 51 heavy (non-hydrogen) atoms. The number of Topliss-reactive ketones (excluding diaryl/α,β-unsaturated/α-hetero) is 1. The number of benzene rings is 2. The maximum absolute atomic E-state index is 13.9. The van der Waals surface area contributed by atoms with Crippen LogP contribution in [0.25, 0.3) is 10.2 Å². The molecule has 0 saturated carbocycles.